The molecule has 6 heteroatoms. The lowest BCUT2D eigenvalue weighted by Crippen LogP contribution is -2.53. The van der Waals surface area contributed by atoms with Crippen LogP contribution in [0.2, 0.25) is 0 Å². The number of amidine groups is 1. The third-order valence-electron chi connectivity index (χ3n) is 6.26. The Morgan fingerprint density at radius 2 is 1.94 bits per heavy atom. The molecular weight excluding hydrogens is 407 g/mol. The van der Waals surface area contributed by atoms with Crippen LogP contribution in [0.25, 0.3) is 0 Å². The van der Waals surface area contributed by atoms with Crippen LogP contribution in [0, 0.1) is 12.7 Å². The van der Waals surface area contributed by atoms with Crippen molar-refractivity contribution in [1.29, 1.82) is 0 Å². The van der Waals surface area contributed by atoms with Gasteiger partial charge in [0.1, 0.15) is 16.7 Å². The average molecular weight is 435 g/mol. The standard InChI is InChI=1S/C25H27FN4S/c1-17-15-20-24(27-22-9-5-6-10-23(22)28-25(20)31-17)30-14-13-29(2)19(16-30)12-11-18-7-3-4-8-21(18)26/h3-10,15,19,28H,11-14,16H2,1-2H3/t19-/m0/s1. The summed E-state index contributed by atoms with van der Waals surface area (Å²) in [6.45, 7) is 4.93. The molecule has 2 aliphatic heterocycles. The van der Waals surface area contributed by atoms with Crippen molar-refractivity contribution < 1.29 is 4.39 Å². The van der Waals surface area contributed by atoms with Crippen molar-refractivity contribution >= 4 is 33.5 Å². The maximum Gasteiger partial charge on any atom is 0.139 e. The van der Waals surface area contributed by atoms with Crippen LogP contribution in [-0.4, -0.2) is 48.4 Å². The quantitative estimate of drug-likeness (QED) is 0.584. The second-order valence-electron chi connectivity index (χ2n) is 8.39. The Kier molecular flexibility index (Phi) is 5.50. The molecule has 1 saturated heterocycles. The van der Waals surface area contributed by atoms with Crippen LogP contribution in [0.3, 0.4) is 0 Å². The Balaban J connectivity index is 1.42. The molecule has 0 radical (unpaired) electrons. The Morgan fingerprint density at radius 3 is 2.81 bits per heavy atom. The number of benzene rings is 2. The van der Waals surface area contributed by atoms with E-state index in [2.05, 4.69) is 47.3 Å². The molecule has 2 aliphatic rings. The largest absolute Gasteiger partial charge is 0.353 e. The number of aryl methyl sites for hydroxylation is 2. The molecular formula is C25H27FN4S. The smallest absolute Gasteiger partial charge is 0.139 e. The zero-order valence-corrected chi connectivity index (χ0v) is 18.8. The lowest BCUT2D eigenvalue weighted by Gasteiger charge is -2.41. The van der Waals surface area contributed by atoms with Gasteiger partial charge in [-0.05, 0) is 56.6 Å². The molecule has 160 valence electrons. The Bertz CT molecular complexity index is 1120. The molecule has 0 saturated carbocycles. The normalized spacial score (nSPS) is 18.6. The van der Waals surface area contributed by atoms with E-state index in [0.717, 1.165) is 60.3 Å². The highest BCUT2D eigenvalue weighted by atomic mass is 32.1. The minimum Gasteiger partial charge on any atom is -0.353 e. The maximum atomic E-state index is 14.1. The molecule has 3 heterocycles. The van der Waals surface area contributed by atoms with E-state index < -0.39 is 0 Å². The number of piperazine rings is 1. The molecule has 2 aromatic carbocycles. The summed E-state index contributed by atoms with van der Waals surface area (Å²) in [4.78, 5) is 11.2. The predicted molar refractivity (Wildman–Crippen MR) is 128 cm³/mol. The highest BCUT2D eigenvalue weighted by Gasteiger charge is 2.30. The van der Waals surface area contributed by atoms with Crippen molar-refractivity contribution in [1.82, 2.24) is 9.80 Å². The van der Waals surface area contributed by atoms with Gasteiger partial charge in [-0.2, -0.15) is 0 Å². The van der Waals surface area contributed by atoms with Gasteiger partial charge in [0, 0.05) is 30.6 Å². The number of rotatable bonds is 3. The van der Waals surface area contributed by atoms with E-state index in [-0.39, 0.29) is 5.82 Å². The number of fused-ring (bicyclic) bond motifs is 2. The summed E-state index contributed by atoms with van der Waals surface area (Å²) in [6, 6.07) is 17.9. The number of nitrogens with zero attached hydrogens (tertiary/aromatic N) is 3. The van der Waals surface area contributed by atoms with Gasteiger partial charge in [-0.15, -0.1) is 11.3 Å². The second kappa shape index (κ2) is 8.44. The van der Waals surface area contributed by atoms with Crippen LogP contribution in [0.5, 0.6) is 0 Å². The summed E-state index contributed by atoms with van der Waals surface area (Å²) >= 11 is 1.77. The number of halogens is 1. The minimum absolute atomic E-state index is 0.105. The van der Waals surface area contributed by atoms with Gasteiger partial charge in [0.2, 0.25) is 0 Å². The van der Waals surface area contributed by atoms with Gasteiger partial charge in [0.05, 0.1) is 16.9 Å². The molecule has 1 atom stereocenters. The first-order valence-electron chi connectivity index (χ1n) is 10.8. The number of thiophene rings is 1. The molecule has 0 unspecified atom stereocenters. The van der Waals surface area contributed by atoms with Crippen LogP contribution in [-0.2, 0) is 6.42 Å². The summed E-state index contributed by atoms with van der Waals surface area (Å²) in [5.74, 6) is 0.938. The second-order valence-corrected chi connectivity index (χ2v) is 9.64. The number of nitrogens with one attached hydrogen (secondary N) is 1. The van der Waals surface area contributed by atoms with Gasteiger partial charge < -0.3 is 10.2 Å². The molecule has 3 aromatic rings. The molecule has 0 amide bonds. The zero-order valence-electron chi connectivity index (χ0n) is 17.9. The van der Waals surface area contributed by atoms with E-state index in [4.69, 9.17) is 4.99 Å². The SMILES string of the molecule is Cc1cc2c(s1)Nc1ccccc1N=C2N1CCN(C)[C@@H](CCc2ccccc2F)C1. The van der Waals surface area contributed by atoms with E-state index in [1.54, 1.807) is 23.5 Å². The Morgan fingerprint density at radius 1 is 1.13 bits per heavy atom. The van der Waals surface area contributed by atoms with Gasteiger partial charge in [-0.25, -0.2) is 9.38 Å². The number of hydrogen-bond donors (Lipinski definition) is 1. The van der Waals surface area contributed by atoms with E-state index in [0.29, 0.717) is 6.04 Å². The van der Waals surface area contributed by atoms with E-state index in [1.807, 2.05) is 24.3 Å². The number of aliphatic imine (C=N–C) groups is 1. The molecule has 31 heavy (non-hydrogen) atoms. The molecule has 1 aromatic heterocycles. The van der Waals surface area contributed by atoms with E-state index >= 15 is 0 Å². The van der Waals surface area contributed by atoms with Crippen molar-refractivity contribution in [3.63, 3.8) is 0 Å². The number of para-hydroxylation sites is 2. The van der Waals surface area contributed by atoms with Crippen LogP contribution in [0.4, 0.5) is 20.8 Å². The van der Waals surface area contributed by atoms with Crippen molar-refractivity contribution in [2.24, 2.45) is 4.99 Å². The maximum absolute atomic E-state index is 14.1. The minimum atomic E-state index is -0.105. The van der Waals surface area contributed by atoms with Gasteiger partial charge in [-0.3, -0.25) is 4.90 Å². The molecule has 1 fully saturated rings. The lowest BCUT2D eigenvalue weighted by atomic mass is 10.0. The van der Waals surface area contributed by atoms with Crippen molar-refractivity contribution in [2.45, 2.75) is 25.8 Å². The Hall–Kier alpha value is -2.70. The summed E-state index contributed by atoms with van der Waals surface area (Å²) in [6.07, 6.45) is 1.67. The van der Waals surface area contributed by atoms with Crippen LogP contribution in [0.15, 0.2) is 59.6 Å². The fraction of sp³-hybridized carbons (Fsp3) is 0.320. The fourth-order valence-electron chi connectivity index (χ4n) is 4.46. The molecule has 4 nitrogen and oxygen atoms in total. The zero-order chi connectivity index (χ0) is 21.4. The molecule has 0 aliphatic carbocycles. The molecule has 0 spiro atoms. The number of anilines is 2. The van der Waals surface area contributed by atoms with Gasteiger partial charge in [0.25, 0.3) is 0 Å². The van der Waals surface area contributed by atoms with Gasteiger partial charge >= 0.3 is 0 Å². The molecule has 1 N–H and O–H groups in total. The third kappa shape index (κ3) is 4.10. The number of likely N-dealkylation sites (N-methyl/N-ethyl adjacent to an activating group) is 1. The topological polar surface area (TPSA) is 30.9 Å². The summed E-state index contributed by atoms with van der Waals surface area (Å²) in [5, 5.41) is 4.75. The van der Waals surface area contributed by atoms with Crippen molar-refractivity contribution in [3.05, 3.63) is 76.4 Å². The summed E-state index contributed by atoms with van der Waals surface area (Å²) < 4.78 is 14.1. The monoisotopic (exact) mass is 434 g/mol. The first-order chi connectivity index (χ1) is 15.1. The fourth-order valence-corrected chi connectivity index (χ4v) is 5.38. The first kappa shape index (κ1) is 20.2. The Labute approximate surface area is 187 Å². The van der Waals surface area contributed by atoms with Gasteiger partial charge in [-0.1, -0.05) is 30.3 Å². The summed E-state index contributed by atoms with van der Waals surface area (Å²) in [5.41, 5.74) is 4.00. The van der Waals surface area contributed by atoms with Crippen LogP contribution < -0.4 is 5.32 Å². The third-order valence-corrected chi connectivity index (χ3v) is 7.22. The highest BCUT2D eigenvalue weighted by molar-refractivity contribution is 7.16. The average Bonchev–Trinajstić information content (AvgIpc) is 3.06. The highest BCUT2D eigenvalue weighted by Crippen LogP contribution is 2.39. The first-order valence-corrected chi connectivity index (χ1v) is 11.6. The molecule has 0 bridgehead atoms. The predicted octanol–water partition coefficient (Wildman–Crippen LogP) is 5.58. The van der Waals surface area contributed by atoms with E-state index in [9.17, 15) is 4.39 Å². The van der Waals surface area contributed by atoms with Gasteiger partial charge in [0.15, 0.2) is 0 Å². The van der Waals surface area contributed by atoms with Crippen LogP contribution >= 0.6 is 11.3 Å². The van der Waals surface area contributed by atoms with Crippen molar-refractivity contribution in [3.8, 4) is 0 Å². The van der Waals surface area contributed by atoms with Crippen LogP contribution in [0.1, 0.15) is 22.4 Å². The number of hydrogen-bond acceptors (Lipinski definition) is 5. The van der Waals surface area contributed by atoms with Crippen molar-refractivity contribution in [2.75, 3.05) is 32.0 Å². The lowest BCUT2D eigenvalue weighted by molar-refractivity contribution is 0.134. The molecule has 5 rings (SSSR count). The van der Waals surface area contributed by atoms with E-state index in [1.165, 1.54) is 10.4 Å². The summed E-state index contributed by atoms with van der Waals surface area (Å²) in [7, 11) is 2.18.